The summed E-state index contributed by atoms with van der Waals surface area (Å²) in [6.45, 7) is 7.43. The van der Waals surface area contributed by atoms with Gasteiger partial charge in [0.1, 0.15) is 30.0 Å². The van der Waals surface area contributed by atoms with Crippen molar-refractivity contribution in [1.82, 2.24) is 14.9 Å². The van der Waals surface area contributed by atoms with Crippen molar-refractivity contribution in [3.8, 4) is 0 Å². The van der Waals surface area contributed by atoms with Crippen LogP contribution in [0.4, 0.5) is 0 Å². The number of nitrogens with one attached hydrogen (secondary N) is 1. The van der Waals surface area contributed by atoms with Gasteiger partial charge in [-0.1, -0.05) is 0 Å². The Kier molecular flexibility index (Phi) is 8.41. The predicted octanol–water partition coefficient (Wildman–Crippen LogP) is 0.996. The molecule has 0 bridgehead atoms. The van der Waals surface area contributed by atoms with Crippen LogP contribution in [0.15, 0.2) is 23.1 Å². The lowest BCUT2D eigenvalue weighted by atomic mass is 9.99. The number of rotatable bonds is 7. The number of aromatic nitrogens is 2. The van der Waals surface area contributed by atoms with Crippen LogP contribution in [0.5, 0.6) is 0 Å². The summed E-state index contributed by atoms with van der Waals surface area (Å²) < 4.78 is 23.0. The molecule has 0 spiro atoms. The first-order chi connectivity index (χ1) is 17.0. The van der Waals surface area contributed by atoms with Gasteiger partial charge in [0.05, 0.1) is 11.4 Å². The van der Waals surface area contributed by atoms with Crippen LogP contribution in [-0.4, -0.2) is 64.5 Å². The van der Waals surface area contributed by atoms with E-state index in [1.165, 1.54) is 27.0 Å². The lowest BCUT2D eigenvalue weighted by molar-refractivity contribution is -0.242. The number of hydrogen-bond acceptors (Lipinski definition) is 10. The normalized spacial score (nSPS) is 21.5. The third-order valence-electron chi connectivity index (χ3n) is 5.55. The summed E-state index contributed by atoms with van der Waals surface area (Å²) in [4.78, 5) is 65.4. The van der Waals surface area contributed by atoms with Crippen molar-refractivity contribution >= 4 is 34.8 Å². The first kappa shape index (κ1) is 26.8. The largest absolute Gasteiger partial charge is 0.463 e. The van der Waals surface area contributed by atoms with Gasteiger partial charge in [-0.25, -0.2) is 4.98 Å². The average molecular weight is 504 g/mol. The maximum atomic E-state index is 13.3. The Labute approximate surface area is 206 Å². The minimum Gasteiger partial charge on any atom is -0.463 e. The molecular formula is C24H29N3O9. The molecule has 1 amide bonds. The van der Waals surface area contributed by atoms with Gasteiger partial charge in [-0.2, -0.15) is 0 Å². The maximum absolute atomic E-state index is 13.3. The van der Waals surface area contributed by atoms with E-state index in [2.05, 4.69) is 10.3 Å². The number of aryl methyl sites for hydroxylation is 2. The standard InChI is InChI=1S/C24H29N3O9/c1-6-27-10-17(21(31)16-8-7-12(2)25-22(16)27)23(32)26-18-9-19(34-14(4)29)20(11-33-13(3)28)36-24(18)35-15(5)30/h7-8,10,18-20,24H,6,9,11H2,1-5H3,(H,26,32). The number of esters is 3. The number of pyridine rings is 2. The van der Waals surface area contributed by atoms with Gasteiger partial charge in [-0.15, -0.1) is 0 Å². The second-order valence-corrected chi connectivity index (χ2v) is 8.40. The third kappa shape index (κ3) is 6.25. The van der Waals surface area contributed by atoms with Gasteiger partial charge in [-0.05, 0) is 26.0 Å². The van der Waals surface area contributed by atoms with Crippen molar-refractivity contribution in [1.29, 1.82) is 0 Å². The number of carbonyl (C=O) groups is 4. The van der Waals surface area contributed by atoms with Crippen molar-refractivity contribution in [2.45, 2.75) is 72.1 Å². The summed E-state index contributed by atoms with van der Waals surface area (Å²) in [5.41, 5.74) is 0.540. The van der Waals surface area contributed by atoms with E-state index in [4.69, 9.17) is 18.9 Å². The fraction of sp³-hybridized carbons (Fsp3) is 0.500. The monoisotopic (exact) mass is 503 g/mol. The molecule has 1 N–H and O–H groups in total. The van der Waals surface area contributed by atoms with Crippen LogP contribution >= 0.6 is 0 Å². The smallest absolute Gasteiger partial charge is 0.305 e. The molecule has 36 heavy (non-hydrogen) atoms. The highest BCUT2D eigenvalue weighted by Crippen LogP contribution is 2.25. The molecule has 0 aliphatic carbocycles. The molecule has 12 nitrogen and oxygen atoms in total. The van der Waals surface area contributed by atoms with Gasteiger partial charge in [0.2, 0.25) is 11.7 Å². The zero-order valence-corrected chi connectivity index (χ0v) is 20.7. The van der Waals surface area contributed by atoms with Gasteiger partial charge < -0.3 is 28.8 Å². The number of fused-ring (bicyclic) bond motifs is 1. The van der Waals surface area contributed by atoms with E-state index in [-0.39, 0.29) is 24.0 Å². The zero-order valence-electron chi connectivity index (χ0n) is 20.7. The van der Waals surface area contributed by atoms with Crippen molar-refractivity contribution in [3.05, 3.63) is 39.8 Å². The van der Waals surface area contributed by atoms with Crippen LogP contribution in [0.25, 0.3) is 11.0 Å². The Morgan fingerprint density at radius 3 is 2.42 bits per heavy atom. The van der Waals surface area contributed by atoms with Crippen molar-refractivity contribution in [2.75, 3.05) is 6.61 Å². The molecule has 2 aromatic heterocycles. The first-order valence-corrected chi connectivity index (χ1v) is 11.4. The molecule has 3 rings (SSSR count). The number of ether oxygens (including phenoxy) is 4. The minimum absolute atomic E-state index is 0.0223. The van der Waals surface area contributed by atoms with E-state index in [0.717, 1.165) is 5.69 Å². The fourth-order valence-corrected chi connectivity index (χ4v) is 3.96. The average Bonchev–Trinajstić information content (AvgIpc) is 2.79. The lowest BCUT2D eigenvalue weighted by Gasteiger charge is -2.40. The Morgan fingerprint density at radius 1 is 1.11 bits per heavy atom. The molecule has 2 aromatic rings. The molecule has 0 radical (unpaired) electrons. The highest BCUT2D eigenvalue weighted by molar-refractivity contribution is 5.97. The van der Waals surface area contributed by atoms with E-state index < -0.39 is 53.8 Å². The molecule has 12 heteroatoms. The SMILES string of the molecule is CCn1cc(C(=O)NC2CC(OC(C)=O)C(COC(C)=O)OC2OC(C)=O)c(=O)c2ccc(C)nc21. The molecule has 0 saturated carbocycles. The lowest BCUT2D eigenvalue weighted by Crippen LogP contribution is -2.58. The Balaban J connectivity index is 1.93. The van der Waals surface area contributed by atoms with E-state index in [9.17, 15) is 24.0 Å². The number of nitrogens with zero attached hydrogens (tertiary/aromatic N) is 2. The van der Waals surface area contributed by atoms with Crippen LogP contribution in [-0.2, 0) is 39.9 Å². The summed E-state index contributed by atoms with van der Waals surface area (Å²) in [5.74, 6) is -2.60. The molecule has 194 valence electrons. The summed E-state index contributed by atoms with van der Waals surface area (Å²) in [6.07, 6.45) is -1.75. The van der Waals surface area contributed by atoms with Crippen molar-refractivity contribution < 1.29 is 38.1 Å². The fourth-order valence-electron chi connectivity index (χ4n) is 3.96. The maximum Gasteiger partial charge on any atom is 0.305 e. The van der Waals surface area contributed by atoms with Crippen LogP contribution in [0, 0.1) is 6.92 Å². The molecule has 1 fully saturated rings. The van der Waals surface area contributed by atoms with E-state index in [1.54, 1.807) is 23.6 Å². The molecule has 1 saturated heterocycles. The van der Waals surface area contributed by atoms with Crippen LogP contribution in [0.1, 0.15) is 50.2 Å². The Bertz CT molecular complexity index is 1240. The summed E-state index contributed by atoms with van der Waals surface area (Å²) >= 11 is 0. The highest BCUT2D eigenvalue weighted by atomic mass is 16.7. The van der Waals surface area contributed by atoms with Gasteiger partial charge >= 0.3 is 17.9 Å². The molecule has 4 unspecified atom stereocenters. The molecule has 4 atom stereocenters. The first-order valence-electron chi connectivity index (χ1n) is 11.4. The molecule has 1 aliphatic rings. The minimum atomic E-state index is -1.28. The summed E-state index contributed by atoms with van der Waals surface area (Å²) in [5, 5.41) is 2.96. The van der Waals surface area contributed by atoms with Crippen molar-refractivity contribution in [2.24, 2.45) is 0 Å². The van der Waals surface area contributed by atoms with Crippen LogP contribution in [0.3, 0.4) is 0 Å². The van der Waals surface area contributed by atoms with Gasteiger partial charge in [0.25, 0.3) is 5.91 Å². The van der Waals surface area contributed by atoms with Crippen molar-refractivity contribution in [3.63, 3.8) is 0 Å². The molecule has 0 aromatic carbocycles. The number of amides is 1. The topological polar surface area (TPSA) is 152 Å². The highest BCUT2D eigenvalue weighted by Gasteiger charge is 2.43. The third-order valence-corrected chi connectivity index (χ3v) is 5.55. The van der Waals surface area contributed by atoms with Crippen LogP contribution < -0.4 is 10.7 Å². The number of carbonyl (C=O) groups excluding carboxylic acids is 4. The number of hydrogen-bond donors (Lipinski definition) is 1. The molecule has 3 heterocycles. The van der Waals surface area contributed by atoms with Gasteiger partial charge in [-0.3, -0.25) is 24.0 Å². The summed E-state index contributed by atoms with van der Waals surface area (Å²) in [7, 11) is 0. The Morgan fingerprint density at radius 2 is 1.81 bits per heavy atom. The Hall–Kier alpha value is -3.80. The van der Waals surface area contributed by atoms with E-state index in [1.807, 2.05) is 6.92 Å². The quantitative estimate of drug-likeness (QED) is 0.428. The van der Waals surface area contributed by atoms with E-state index >= 15 is 0 Å². The van der Waals surface area contributed by atoms with Gasteiger partial charge in [0, 0.05) is 45.6 Å². The second kappa shape index (κ2) is 11.3. The molecule has 1 aliphatic heterocycles. The van der Waals surface area contributed by atoms with Crippen LogP contribution in [0.2, 0.25) is 0 Å². The summed E-state index contributed by atoms with van der Waals surface area (Å²) in [6, 6.07) is 2.33. The zero-order chi connectivity index (χ0) is 26.6. The van der Waals surface area contributed by atoms with E-state index in [0.29, 0.717) is 12.2 Å². The predicted molar refractivity (Wildman–Crippen MR) is 125 cm³/mol. The second-order valence-electron chi connectivity index (χ2n) is 8.40. The molecular weight excluding hydrogens is 474 g/mol. The van der Waals surface area contributed by atoms with Gasteiger partial charge in [0.15, 0.2) is 0 Å².